The van der Waals surface area contributed by atoms with Gasteiger partial charge in [-0.25, -0.2) is 4.79 Å². The summed E-state index contributed by atoms with van der Waals surface area (Å²) < 4.78 is 0. The Labute approximate surface area is 122 Å². The lowest BCUT2D eigenvalue weighted by atomic mass is 10.1. The van der Waals surface area contributed by atoms with Gasteiger partial charge in [0.2, 0.25) is 0 Å². The first-order valence-corrected chi connectivity index (χ1v) is 6.93. The third kappa shape index (κ3) is 2.54. The monoisotopic (exact) mass is 288 g/mol. The molecule has 1 aromatic carbocycles. The predicted octanol–water partition coefficient (Wildman–Crippen LogP) is 1.08. The standard InChI is InChI=1S/C15H16N2O4/c1-16-7-6-10(9-16)8-13(18)21-17-14(19)11-4-2-3-5-12(11)15(17)20/h2-5,10H,6-9H2,1H3. The van der Waals surface area contributed by atoms with Gasteiger partial charge in [-0.1, -0.05) is 17.2 Å². The van der Waals surface area contributed by atoms with E-state index in [4.69, 9.17) is 4.84 Å². The number of imide groups is 1. The molecule has 0 radical (unpaired) electrons. The second-order valence-electron chi connectivity index (χ2n) is 5.53. The molecule has 0 N–H and O–H groups in total. The first-order chi connectivity index (χ1) is 10.1. The summed E-state index contributed by atoms with van der Waals surface area (Å²) in [7, 11) is 2.00. The SMILES string of the molecule is CN1CCC(CC(=O)ON2C(=O)c3ccccc3C2=O)C1. The van der Waals surface area contributed by atoms with Gasteiger partial charge in [0.05, 0.1) is 17.5 Å². The molecule has 6 nitrogen and oxygen atoms in total. The van der Waals surface area contributed by atoms with Crippen LogP contribution in [-0.2, 0) is 9.63 Å². The minimum Gasteiger partial charge on any atom is -0.330 e. The average Bonchev–Trinajstić information content (AvgIpc) is 2.97. The van der Waals surface area contributed by atoms with Gasteiger partial charge < -0.3 is 9.74 Å². The van der Waals surface area contributed by atoms with E-state index >= 15 is 0 Å². The smallest absolute Gasteiger partial charge is 0.330 e. The van der Waals surface area contributed by atoms with Gasteiger partial charge in [-0.05, 0) is 38.1 Å². The summed E-state index contributed by atoms with van der Waals surface area (Å²) in [6.45, 7) is 1.78. The van der Waals surface area contributed by atoms with E-state index in [0.29, 0.717) is 5.06 Å². The molecule has 1 unspecified atom stereocenters. The number of benzene rings is 1. The number of hydrogen-bond donors (Lipinski definition) is 0. The van der Waals surface area contributed by atoms with Gasteiger partial charge >= 0.3 is 5.97 Å². The summed E-state index contributed by atoms with van der Waals surface area (Å²) in [4.78, 5) is 43.2. The molecule has 3 rings (SSSR count). The number of rotatable bonds is 3. The fourth-order valence-electron chi connectivity index (χ4n) is 2.82. The lowest BCUT2D eigenvalue weighted by molar-refractivity contribution is -0.169. The second-order valence-corrected chi connectivity index (χ2v) is 5.53. The number of carbonyl (C=O) groups is 3. The Morgan fingerprint density at radius 3 is 2.38 bits per heavy atom. The highest BCUT2D eigenvalue weighted by Gasteiger charge is 2.39. The maximum absolute atomic E-state index is 12.1. The Bertz CT molecular complexity index is 578. The Balaban J connectivity index is 1.65. The quantitative estimate of drug-likeness (QED) is 0.779. The van der Waals surface area contributed by atoms with Crippen molar-refractivity contribution < 1.29 is 19.2 Å². The van der Waals surface area contributed by atoms with Crippen LogP contribution in [0.5, 0.6) is 0 Å². The Hall–Kier alpha value is -2.21. The first-order valence-electron chi connectivity index (χ1n) is 6.93. The number of nitrogens with zero attached hydrogens (tertiary/aromatic N) is 2. The molecule has 1 atom stereocenters. The molecule has 110 valence electrons. The van der Waals surface area contributed by atoms with Crippen molar-refractivity contribution in [3.05, 3.63) is 35.4 Å². The van der Waals surface area contributed by atoms with Crippen molar-refractivity contribution in [3.63, 3.8) is 0 Å². The third-order valence-corrected chi connectivity index (χ3v) is 3.89. The van der Waals surface area contributed by atoms with Crippen LogP contribution in [0.15, 0.2) is 24.3 Å². The minimum absolute atomic E-state index is 0.220. The molecule has 21 heavy (non-hydrogen) atoms. The van der Waals surface area contributed by atoms with Crippen LogP contribution >= 0.6 is 0 Å². The van der Waals surface area contributed by atoms with Crippen molar-refractivity contribution in [2.75, 3.05) is 20.1 Å². The maximum atomic E-state index is 12.1. The van der Waals surface area contributed by atoms with E-state index in [1.807, 2.05) is 7.05 Å². The van der Waals surface area contributed by atoms with Crippen LogP contribution < -0.4 is 0 Å². The zero-order valence-corrected chi connectivity index (χ0v) is 11.7. The van der Waals surface area contributed by atoms with E-state index < -0.39 is 17.8 Å². The summed E-state index contributed by atoms with van der Waals surface area (Å²) in [5.41, 5.74) is 0.548. The second kappa shape index (κ2) is 5.29. The van der Waals surface area contributed by atoms with E-state index in [1.54, 1.807) is 24.3 Å². The number of amides is 2. The zero-order valence-electron chi connectivity index (χ0n) is 11.7. The van der Waals surface area contributed by atoms with Crippen LogP contribution in [-0.4, -0.2) is 47.9 Å². The molecular formula is C15H16N2O4. The molecule has 0 aromatic heterocycles. The molecule has 0 saturated carbocycles. The van der Waals surface area contributed by atoms with Crippen LogP contribution in [0.3, 0.4) is 0 Å². The van der Waals surface area contributed by atoms with Crippen molar-refractivity contribution in [2.45, 2.75) is 12.8 Å². The molecule has 0 spiro atoms. The number of fused-ring (bicyclic) bond motifs is 1. The highest BCUT2D eigenvalue weighted by Crippen LogP contribution is 2.24. The summed E-state index contributed by atoms with van der Waals surface area (Å²) >= 11 is 0. The third-order valence-electron chi connectivity index (χ3n) is 3.89. The Morgan fingerprint density at radius 1 is 1.24 bits per heavy atom. The van der Waals surface area contributed by atoms with Gasteiger partial charge in [0.1, 0.15) is 0 Å². The van der Waals surface area contributed by atoms with Gasteiger partial charge in [-0.2, -0.15) is 0 Å². The van der Waals surface area contributed by atoms with E-state index in [2.05, 4.69) is 4.90 Å². The highest BCUT2D eigenvalue weighted by molar-refractivity contribution is 6.20. The molecule has 6 heteroatoms. The van der Waals surface area contributed by atoms with Gasteiger partial charge in [0.15, 0.2) is 0 Å². The molecule has 1 fully saturated rings. The van der Waals surface area contributed by atoms with Gasteiger partial charge in [0.25, 0.3) is 11.8 Å². The fraction of sp³-hybridized carbons (Fsp3) is 0.400. The van der Waals surface area contributed by atoms with Gasteiger partial charge in [-0.3, -0.25) is 9.59 Å². The van der Waals surface area contributed by atoms with Crippen molar-refractivity contribution in [3.8, 4) is 0 Å². The molecule has 1 saturated heterocycles. The fourth-order valence-corrected chi connectivity index (χ4v) is 2.82. The van der Waals surface area contributed by atoms with E-state index in [-0.39, 0.29) is 23.5 Å². The number of likely N-dealkylation sites (tertiary alicyclic amines) is 1. The Morgan fingerprint density at radius 2 is 1.86 bits per heavy atom. The largest absolute Gasteiger partial charge is 0.333 e. The predicted molar refractivity (Wildman–Crippen MR) is 73.3 cm³/mol. The lowest BCUT2D eigenvalue weighted by Gasteiger charge is -2.14. The first kappa shape index (κ1) is 13.8. The summed E-state index contributed by atoms with van der Waals surface area (Å²) in [5, 5.41) is 0.575. The van der Waals surface area contributed by atoms with E-state index in [1.165, 1.54) is 0 Å². The molecule has 0 aliphatic carbocycles. The van der Waals surface area contributed by atoms with Crippen molar-refractivity contribution in [1.82, 2.24) is 9.96 Å². The highest BCUT2D eigenvalue weighted by atomic mass is 16.7. The van der Waals surface area contributed by atoms with Crippen LogP contribution in [0, 0.1) is 5.92 Å². The summed E-state index contributed by atoms with van der Waals surface area (Å²) in [6.07, 6.45) is 1.14. The number of carbonyl (C=O) groups excluding carboxylic acids is 3. The van der Waals surface area contributed by atoms with Crippen LogP contribution in [0.25, 0.3) is 0 Å². The van der Waals surface area contributed by atoms with Crippen LogP contribution in [0.2, 0.25) is 0 Å². The normalized spacial score (nSPS) is 21.8. The van der Waals surface area contributed by atoms with Crippen LogP contribution in [0.4, 0.5) is 0 Å². The van der Waals surface area contributed by atoms with Crippen molar-refractivity contribution in [2.24, 2.45) is 5.92 Å². The average molecular weight is 288 g/mol. The topological polar surface area (TPSA) is 66.9 Å². The minimum atomic E-state index is -0.576. The van der Waals surface area contributed by atoms with Crippen molar-refractivity contribution in [1.29, 1.82) is 0 Å². The molecule has 0 bridgehead atoms. The van der Waals surface area contributed by atoms with Crippen molar-refractivity contribution >= 4 is 17.8 Å². The van der Waals surface area contributed by atoms with E-state index in [0.717, 1.165) is 19.5 Å². The molecule has 2 aliphatic heterocycles. The summed E-state index contributed by atoms with van der Waals surface area (Å²) in [6, 6.07) is 6.44. The molecule has 2 aliphatic rings. The van der Waals surface area contributed by atoms with E-state index in [9.17, 15) is 14.4 Å². The maximum Gasteiger partial charge on any atom is 0.333 e. The number of hydroxylamine groups is 2. The lowest BCUT2D eigenvalue weighted by Crippen LogP contribution is -2.33. The van der Waals surface area contributed by atoms with Crippen LogP contribution in [0.1, 0.15) is 33.6 Å². The summed E-state index contributed by atoms with van der Waals surface area (Å²) in [5.74, 6) is -1.47. The molecular weight excluding hydrogens is 272 g/mol. The van der Waals surface area contributed by atoms with Gasteiger partial charge in [-0.15, -0.1) is 0 Å². The Kier molecular flexibility index (Phi) is 3.47. The van der Waals surface area contributed by atoms with Gasteiger partial charge in [0, 0.05) is 6.54 Å². The molecule has 2 heterocycles. The molecule has 1 aromatic rings. The zero-order chi connectivity index (χ0) is 15.0. The molecule has 2 amide bonds. The number of hydrogen-bond acceptors (Lipinski definition) is 5.